The molecule has 0 saturated carbocycles. The van der Waals surface area contributed by atoms with Crippen molar-refractivity contribution in [1.82, 2.24) is 9.97 Å². The van der Waals surface area contributed by atoms with Gasteiger partial charge in [-0.3, -0.25) is 4.84 Å². The topological polar surface area (TPSA) is 61.0 Å². The molecule has 0 amide bonds. The molecular weight excluding hydrogens is 154 g/mol. The van der Waals surface area contributed by atoms with Crippen molar-refractivity contribution in [3.05, 3.63) is 23.8 Å². The summed E-state index contributed by atoms with van der Waals surface area (Å²) in [6.07, 6.45) is 3.22. The molecule has 12 heavy (non-hydrogen) atoms. The molecule has 1 rings (SSSR count). The third-order valence-corrected chi connectivity index (χ3v) is 1.85. The number of aromatic nitrogens is 2. The average molecular weight is 167 g/mol. The Balaban J connectivity index is 3.10. The number of rotatable bonds is 2. The van der Waals surface area contributed by atoms with E-state index in [0.717, 1.165) is 11.3 Å². The number of nitrogens with zero attached hydrogens (tertiary/aromatic N) is 2. The van der Waals surface area contributed by atoms with Crippen molar-refractivity contribution < 1.29 is 4.84 Å². The Kier molecular flexibility index (Phi) is 2.40. The first-order valence-electron chi connectivity index (χ1n) is 3.73. The summed E-state index contributed by atoms with van der Waals surface area (Å²) < 4.78 is 0. The van der Waals surface area contributed by atoms with E-state index in [1.807, 2.05) is 20.8 Å². The Morgan fingerprint density at radius 1 is 1.50 bits per heavy atom. The van der Waals surface area contributed by atoms with Gasteiger partial charge in [0.15, 0.2) is 0 Å². The van der Waals surface area contributed by atoms with E-state index in [1.165, 1.54) is 6.33 Å². The van der Waals surface area contributed by atoms with Gasteiger partial charge in [0.25, 0.3) is 0 Å². The zero-order valence-corrected chi connectivity index (χ0v) is 7.53. The third-order valence-electron chi connectivity index (χ3n) is 1.85. The van der Waals surface area contributed by atoms with Crippen molar-refractivity contribution in [3.63, 3.8) is 0 Å². The van der Waals surface area contributed by atoms with E-state index in [-0.39, 0.29) is 0 Å². The van der Waals surface area contributed by atoms with Gasteiger partial charge in [-0.2, -0.15) is 0 Å². The first-order valence-corrected chi connectivity index (χ1v) is 3.73. The number of hydrogen-bond acceptors (Lipinski definition) is 4. The molecule has 0 bridgehead atoms. The van der Waals surface area contributed by atoms with Crippen LogP contribution in [0.2, 0.25) is 0 Å². The summed E-state index contributed by atoms with van der Waals surface area (Å²) in [6, 6.07) is 0. The Morgan fingerprint density at radius 2 is 2.17 bits per heavy atom. The lowest BCUT2D eigenvalue weighted by Gasteiger charge is -2.22. The maximum atomic E-state index is 5.15. The molecule has 0 aliphatic heterocycles. The second-order valence-electron chi connectivity index (χ2n) is 3.15. The number of hydrogen-bond donors (Lipinski definition) is 1. The quantitative estimate of drug-likeness (QED) is 0.665. The normalized spacial score (nSPS) is 11.7. The van der Waals surface area contributed by atoms with Crippen LogP contribution in [0.5, 0.6) is 0 Å². The molecule has 0 spiro atoms. The minimum atomic E-state index is -0.522. The summed E-state index contributed by atoms with van der Waals surface area (Å²) in [7, 11) is 0. The molecule has 1 heterocycles. The summed E-state index contributed by atoms with van der Waals surface area (Å²) in [6.45, 7) is 5.65. The molecule has 4 heteroatoms. The highest BCUT2D eigenvalue weighted by Gasteiger charge is 2.23. The zero-order chi connectivity index (χ0) is 9.19. The van der Waals surface area contributed by atoms with Gasteiger partial charge in [-0.1, -0.05) is 0 Å². The van der Waals surface area contributed by atoms with Gasteiger partial charge >= 0.3 is 0 Å². The van der Waals surface area contributed by atoms with Crippen molar-refractivity contribution in [3.8, 4) is 0 Å². The highest BCUT2D eigenvalue weighted by molar-refractivity contribution is 5.20. The highest BCUT2D eigenvalue weighted by Crippen LogP contribution is 2.23. The fourth-order valence-corrected chi connectivity index (χ4v) is 1.05. The minimum Gasteiger partial charge on any atom is -0.294 e. The molecular formula is C8H13N3O. The first kappa shape index (κ1) is 9.09. The molecule has 0 aromatic carbocycles. The van der Waals surface area contributed by atoms with Crippen LogP contribution in [-0.2, 0) is 10.4 Å². The molecule has 1 aromatic rings. The molecule has 1 aromatic heterocycles. The van der Waals surface area contributed by atoms with E-state index in [2.05, 4.69) is 9.97 Å². The average Bonchev–Trinajstić information content (AvgIpc) is 2.05. The van der Waals surface area contributed by atoms with Gasteiger partial charge in [0.2, 0.25) is 0 Å². The van der Waals surface area contributed by atoms with Crippen molar-refractivity contribution in [2.75, 3.05) is 0 Å². The smallest absolute Gasteiger partial charge is 0.115 e. The summed E-state index contributed by atoms with van der Waals surface area (Å²) in [5.41, 5.74) is 1.28. The lowest BCUT2D eigenvalue weighted by Crippen LogP contribution is -2.26. The lowest BCUT2D eigenvalue weighted by molar-refractivity contribution is -0.0245. The van der Waals surface area contributed by atoms with Gasteiger partial charge < -0.3 is 0 Å². The fraction of sp³-hybridized carbons (Fsp3) is 0.500. The largest absolute Gasteiger partial charge is 0.294 e. The Morgan fingerprint density at radius 3 is 2.67 bits per heavy atom. The molecule has 4 nitrogen and oxygen atoms in total. The molecule has 0 fully saturated rings. The summed E-state index contributed by atoms with van der Waals surface area (Å²) in [5, 5.41) is 0. The maximum Gasteiger partial charge on any atom is 0.115 e. The van der Waals surface area contributed by atoms with Gasteiger partial charge in [0, 0.05) is 17.5 Å². The SMILES string of the molecule is Cc1ncncc1C(C)(C)ON. The second-order valence-corrected chi connectivity index (χ2v) is 3.15. The third kappa shape index (κ3) is 1.60. The lowest BCUT2D eigenvalue weighted by atomic mass is 9.99. The Bertz CT molecular complexity index is 273. The van der Waals surface area contributed by atoms with Crippen LogP contribution in [0.25, 0.3) is 0 Å². The van der Waals surface area contributed by atoms with Crippen LogP contribution in [0.1, 0.15) is 25.1 Å². The second kappa shape index (κ2) is 3.16. The summed E-state index contributed by atoms with van der Waals surface area (Å²) in [5.74, 6) is 5.15. The van der Waals surface area contributed by atoms with E-state index in [4.69, 9.17) is 10.7 Å². The van der Waals surface area contributed by atoms with Gasteiger partial charge in [-0.05, 0) is 20.8 Å². The predicted molar refractivity (Wildman–Crippen MR) is 45.1 cm³/mol. The zero-order valence-electron chi connectivity index (χ0n) is 7.53. The van der Waals surface area contributed by atoms with Crippen molar-refractivity contribution in [2.24, 2.45) is 5.90 Å². The highest BCUT2D eigenvalue weighted by atomic mass is 16.6. The molecule has 0 atom stereocenters. The summed E-state index contributed by atoms with van der Waals surface area (Å²) >= 11 is 0. The molecule has 66 valence electrons. The van der Waals surface area contributed by atoms with Crippen LogP contribution in [0.15, 0.2) is 12.5 Å². The number of nitrogens with two attached hydrogens (primary N) is 1. The van der Waals surface area contributed by atoms with Crippen molar-refractivity contribution in [1.29, 1.82) is 0 Å². The fourth-order valence-electron chi connectivity index (χ4n) is 1.05. The molecule has 2 N–H and O–H groups in total. The van der Waals surface area contributed by atoms with Gasteiger partial charge in [-0.15, -0.1) is 0 Å². The molecule has 0 unspecified atom stereocenters. The molecule has 0 saturated heterocycles. The summed E-state index contributed by atoms with van der Waals surface area (Å²) in [4.78, 5) is 12.8. The van der Waals surface area contributed by atoms with E-state index in [1.54, 1.807) is 6.20 Å². The minimum absolute atomic E-state index is 0.522. The first-order chi connectivity index (χ1) is 5.58. The van der Waals surface area contributed by atoms with Crippen molar-refractivity contribution in [2.45, 2.75) is 26.4 Å². The molecule has 0 aliphatic carbocycles. The Hall–Kier alpha value is -1.00. The van der Waals surface area contributed by atoms with Crippen LogP contribution < -0.4 is 5.90 Å². The van der Waals surface area contributed by atoms with Gasteiger partial charge in [-0.25, -0.2) is 15.9 Å². The van der Waals surface area contributed by atoms with Crippen LogP contribution >= 0.6 is 0 Å². The monoisotopic (exact) mass is 167 g/mol. The maximum absolute atomic E-state index is 5.15. The van der Waals surface area contributed by atoms with Crippen LogP contribution in [0.3, 0.4) is 0 Å². The van der Waals surface area contributed by atoms with Crippen LogP contribution in [0.4, 0.5) is 0 Å². The standard InChI is InChI=1S/C8H13N3O/c1-6-7(4-10-5-11-6)8(2,3)12-9/h4-5H,9H2,1-3H3. The van der Waals surface area contributed by atoms with E-state index < -0.39 is 5.60 Å². The van der Waals surface area contributed by atoms with E-state index in [0.29, 0.717) is 0 Å². The predicted octanol–water partition coefficient (Wildman–Crippen LogP) is 0.910. The van der Waals surface area contributed by atoms with Crippen LogP contribution in [0, 0.1) is 6.92 Å². The van der Waals surface area contributed by atoms with Gasteiger partial charge in [0.1, 0.15) is 11.9 Å². The van der Waals surface area contributed by atoms with Crippen LogP contribution in [-0.4, -0.2) is 9.97 Å². The molecule has 0 aliphatic rings. The number of aryl methyl sites for hydroxylation is 1. The van der Waals surface area contributed by atoms with Crippen molar-refractivity contribution >= 4 is 0 Å². The van der Waals surface area contributed by atoms with Gasteiger partial charge in [0.05, 0.1) is 0 Å². The molecule has 0 radical (unpaired) electrons. The van der Waals surface area contributed by atoms with E-state index >= 15 is 0 Å². The Labute approximate surface area is 71.7 Å². The van der Waals surface area contributed by atoms with E-state index in [9.17, 15) is 0 Å².